The van der Waals surface area contributed by atoms with E-state index in [1.54, 1.807) is 23.9 Å². The molecule has 2 aromatic rings. The van der Waals surface area contributed by atoms with E-state index in [4.69, 9.17) is 0 Å². The Labute approximate surface area is 151 Å². The Hall–Kier alpha value is -2.25. The lowest BCUT2D eigenvalue weighted by molar-refractivity contribution is 0.0605. The average molecular weight is 359 g/mol. The molecule has 0 fully saturated rings. The number of rotatable bonds is 8. The summed E-state index contributed by atoms with van der Waals surface area (Å²) in [5, 5.41) is 12.2. The molecule has 0 aliphatic carbocycles. The number of carbonyl (C=O) groups is 2. The Kier molecular flexibility index (Phi) is 7.09. The number of thioether (sulfide) groups is 1. The zero-order chi connectivity index (χ0) is 18.2. The van der Waals surface area contributed by atoms with Gasteiger partial charge in [0.25, 0.3) is 5.91 Å². The lowest BCUT2D eigenvalue weighted by Gasteiger charge is -2.12. The van der Waals surface area contributed by atoms with Gasteiger partial charge in [0, 0.05) is 22.9 Å². The molecule has 0 aliphatic heterocycles. The Morgan fingerprint density at radius 2 is 1.92 bits per heavy atom. The predicted molar refractivity (Wildman–Crippen MR) is 96.5 cm³/mol. The van der Waals surface area contributed by atoms with E-state index in [1.807, 2.05) is 12.1 Å². The van der Waals surface area contributed by atoms with E-state index in [1.165, 1.54) is 18.6 Å². The first-order chi connectivity index (χ1) is 12.0. The van der Waals surface area contributed by atoms with Crippen LogP contribution in [0.2, 0.25) is 0 Å². The number of aliphatic hydroxyl groups is 1. The molecule has 1 aromatic heterocycles. The van der Waals surface area contributed by atoms with Crippen LogP contribution in [-0.2, 0) is 0 Å². The summed E-state index contributed by atoms with van der Waals surface area (Å²) in [7, 11) is 0. The highest BCUT2D eigenvalue weighted by atomic mass is 32.2. The van der Waals surface area contributed by atoms with Crippen molar-refractivity contribution in [3.8, 4) is 0 Å². The number of benzene rings is 1. The first-order valence-electron chi connectivity index (χ1n) is 7.99. The van der Waals surface area contributed by atoms with Gasteiger partial charge in [-0.05, 0) is 30.2 Å². The highest BCUT2D eigenvalue weighted by Gasteiger charge is 2.20. The van der Waals surface area contributed by atoms with Crippen LogP contribution >= 0.6 is 11.8 Å². The van der Waals surface area contributed by atoms with Crippen molar-refractivity contribution in [2.45, 2.75) is 31.4 Å². The van der Waals surface area contributed by atoms with Crippen LogP contribution in [0, 0.1) is 5.92 Å². The number of aromatic nitrogens is 2. The van der Waals surface area contributed by atoms with Crippen molar-refractivity contribution in [2.75, 3.05) is 5.75 Å². The van der Waals surface area contributed by atoms with Crippen LogP contribution in [0.15, 0.2) is 47.8 Å². The van der Waals surface area contributed by atoms with Crippen molar-refractivity contribution in [1.29, 1.82) is 0 Å². The third kappa shape index (κ3) is 5.95. The van der Waals surface area contributed by atoms with E-state index in [0.717, 1.165) is 17.1 Å². The summed E-state index contributed by atoms with van der Waals surface area (Å²) in [6.07, 6.45) is 3.54. The Morgan fingerprint density at radius 1 is 1.20 bits per heavy atom. The molecule has 2 rings (SSSR count). The summed E-state index contributed by atoms with van der Waals surface area (Å²) in [4.78, 5) is 32.8. The number of ketones is 1. The monoisotopic (exact) mass is 359 g/mol. The minimum Gasteiger partial charge on any atom is -0.367 e. The van der Waals surface area contributed by atoms with E-state index in [0.29, 0.717) is 11.5 Å². The zero-order valence-electron chi connectivity index (χ0n) is 14.2. The fraction of sp³-hybridized carbons (Fsp3) is 0.333. The molecular weight excluding hydrogens is 338 g/mol. The molecule has 132 valence electrons. The maximum atomic E-state index is 12.2. The number of nitrogens with zero attached hydrogens (tertiary/aromatic N) is 2. The van der Waals surface area contributed by atoms with Gasteiger partial charge < -0.3 is 10.4 Å². The number of amides is 1. The number of hydrogen-bond donors (Lipinski definition) is 2. The van der Waals surface area contributed by atoms with Gasteiger partial charge >= 0.3 is 0 Å². The second-order valence-corrected chi connectivity index (χ2v) is 7.05. The maximum absolute atomic E-state index is 12.2. The van der Waals surface area contributed by atoms with Gasteiger partial charge in [-0.15, -0.1) is 11.8 Å². The van der Waals surface area contributed by atoms with Gasteiger partial charge in [0.05, 0.1) is 6.20 Å². The van der Waals surface area contributed by atoms with Crippen molar-refractivity contribution in [3.63, 3.8) is 0 Å². The smallest absolute Gasteiger partial charge is 0.273 e. The molecule has 0 aliphatic rings. The molecule has 6 nitrogen and oxygen atoms in total. The lowest BCUT2D eigenvalue weighted by Crippen LogP contribution is -2.41. The van der Waals surface area contributed by atoms with Crippen LogP contribution in [0.3, 0.4) is 0 Å². The van der Waals surface area contributed by atoms with Crippen molar-refractivity contribution < 1.29 is 14.7 Å². The number of carbonyl (C=O) groups excluding carboxylic acids is 2. The van der Waals surface area contributed by atoms with Gasteiger partial charge in [-0.2, -0.15) is 0 Å². The Balaban J connectivity index is 1.92. The third-order valence-corrected chi connectivity index (χ3v) is 4.46. The van der Waals surface area contributed by atoms with Gasteiger partial charge in [0.2, 0.25) is 5.78 Å². The highest BCUT2D eigenvalue weighted by molar-refractivity contribution is 7.99. The standard InChI is InChI=1S/C18H21N3O3S/c1-12(2)7-10-25-14-5-3-13(4-6-14)16(22)18(24)21-17(23)15-11-19-8-9-20-15/h3-6,8-9,11-12,18,24H,7,10H2,1-2H3,(H,21,23). The first-order valence-corrected chi connectivity index (χ1v) is 8.98. The van der Waals surface area contributed by atoms with E-state index >= 15 is 0 Å². The molecule has 25 heavy (non-hydrogen) atoms. The van der Waals surface area contributed by atoms with Gasteiger partial charge in [-0.25, -0.2) is 4.98 Å². The van der Waals surface area contributed by atoms with Crippen molar-refractivity contribution in [2.24, 2.45) is 5.92 Å². The Morgan fingerprint density at radius 3 is 2.52 bits per heavy atom. The summed E-state index contributed by atoms with van der Waals surface area (Å²) in [5.41, 5.74) is 0.367. The van der Waals surface area contributed by atoms with Gasteiger partial charge in [0.15, 0.2) is 6.23 Å². The van der Waals surface area contributed by atoms with E-state index in [2.05, 4.69) is 29.1 Å². The fourth-order valence-electron chi connectivity index (χ4n) is 1.97. The van der Waals surface area contributed by atoms with Crippen LogP contribution in [0.5, 0.6) is 0 Å². The number of aliphatic hydroxyl groups excluding tert-OH is 1. The summed E-state index contributed by atoms with van der Waals surface area (Å²) in [6, 6.07) is 6.99. The van der Waals surface area contributed by atoms with E-state index in [-0.39, 0.29) is 5.69 Å². The number of hydrogen-bond acceptors (Lipinski definition) is 6. The molecule has 0 bridgehead atoms. The number of nitrogens with one attached hydrogen (secondary N) is 1. The topological polar surface area (TPSA) is 92.2 Å². The molecule has 1 heterocycles. The molecule has 0 saturated carbocycles. The third-order valence-electron chi connectivity index (χ3n) is 3.41. The largest absolute Gasteiger partial charge is 0.367 e. The minimum absolute atomic E-state index is 0.0336. The predicted octanol–water partition coefficient (Wildman–Crippen LogP) is 2.55. The van der Waals surface area contributed by atoms with Crippen molar-refractivity contribution in [1.82, 2.24) is 15.3 Å². The lowest BCUT2D eigenvalue weighted by atomic mass is 10.1. The summed E-state index contributed by atoms with van der Waals surface area (Å²) >= 11 is 1.73. The minimum atomic E-state index is -1.63. The summed E-state index contributed by atoms with van der Waals surface area (Å²) < 4.78 is 0. The molecule has 1 aromatic carbocycles. The maximum Gasteiger partial charge on any atom is 0.273 e. The molecule has 0 spiro atoms. The molecule has 2 N–H and O–H groups in total. The highest BCUT2D eigenvalue weighted by Crippen LogP contribution is 2.21. The molecule has 0 saturated heterocycles. The zero-order valence-corrected chi connectivity index (χ0v) is 15.0. The molecule has 1 atom stereocenters. The van der Waals surface area contributed by atoms with Gasteiger partial charge in [0.1, 0.15) is 5.69 Å². The average Bonchev–Trinajstić information content (AvgIpc) is 2.62. The van der Waals surface area contributed by atoms with Crippen LogP contribution in [0.4, 0.5) is 0 Å². The van der Waals surface area contributed by atoms with E-state index < -0.39 is 17.9 Å². The normalized spacial score (nSPS) is 12.0. The summed E-state index contributed by atoms with van der Waals surface area (Å²) in [5.74, 6) is 0.439. The van der Waals surface area contributed by atoms with Gasteiger partial charge in [-0.1, -0.05) is 26.0 Å². The van der Waals surface area contributed by atoms with E-state index in [9.17, 15) is 14.7 Å². The van der Waals surface area contributed by atoms with Crippen LogP contribution in [-0.4, -0.2) is 38.7 Å². The molecule has 1 amide bonds. The second-order valence-electron chi connectivity index (χ2n) is 5.89. The quantitative estimate of drug-likeness (QED) is 0.427. The fourth-order valence-corrected chi connectivity index (χ4v) is 3.12. The molecule has 7 heteroatoms. The first kappa shape index (κ1) is 19.1. The van der Waals surface area contributed by atoms with Crippen molar-refractivity contribution in [3.05, 3.63) is 54.1 Å². The molecule has 1 unspecified atom stereocenters. The Bertz CT molecular complexity index is 705. The van der Waals surface area contributed by atoms with Gasteiger partial charge in [-0.3, -0.25) is 14.6 Å². The summed E-state index contributed by atoms with van der Waals surface area (Å²) in [6.45, 7) is 4.36. The van der Waals surface area contributed by atoms with Crippen LogP contribution in [0.25, 0.3) is 0 Å². The van der Waals surface area contributed by atoms with Crippen LogP contribution in [0.1, 0.15) is 41.1 Å². The SMILES string of the molecule is CC(C)CCSc1ccc(C(=O)C(O)NC(=O)c2cnccn2)cc1. The molecular formula is C18H21N3O3S. The molecule has 0 radical (unpaired) electrons. The van der Waals surface area contributed by atoms with Crippen LogP contribution < -0.4 is 5.32 Å². The second kappa shape index (κ2) is 9.29. The van der Waals surface area contributed by atoms with Crippen molar-refractivity contribution >= 4 is 23.5 Å². The number of Topliss-reactive ketones (excluding diaryl/α,β-unsaturated/α-hetero) is 1.